The molecule has 0 radical (unpaired) electrons. The predicted octanol–water partition coefficient (Wildman–Crippen LogP) is 1.95. The Labute approximate surface area is 124 Å². The number of nitrogens with zero attached hydrogens (tertiary/aromatic N) is 1. The molecule has 2 aromatic rings. The number of hydrogen-bond acceptors (Lipinski definition) is 3. The highest BCUT2D eigenvalue weighted by molar-refractivity contribution is 5.99. The van der Waals surface area contributed by atoms with Crippen LogP contribution in [0.2, 0.25) is 0 Å². The number of aromatic amines is 1. The molecule has 1 amide bonds. The number of rotatable bonds is 3. The van der Waals surface area contributed by atoms with E-state index >= 15 is 0 Å². The monoisotopic (exact) mass is 284 g/mol. The van der Waals surface area contributed by atoms with Crippen LogP contribution in [0.5, 0.6) is 0 Å². The second-order valence-electron chi connectivity index (χ2n) is 5.57. The zero-order valence-electron chi connectivity index (χ0n) is 12.1. The van der Waals surface area contributed by atoms with Gasteiger partial charge in [-0.25, -0.2) is 0 Å². The summed E-state index contributed by atoms with van der Waals surface area (Å²) in [5.41, 5.74) is 2.35. The summed E-state index contributed by atoms with van der Waals surface area (Å²) in [6.07, 6.45) is 3.53. The molecule has 2 atom stereocenters. The number of aromatic nitrogens is 2. The third-order valence-electron chi connectivity index (χ3n) is 3.91. The van der Waals surface area contributed by atoms with Crippen LogP contribution in [-0.2, 0) is 0 Å². The highest BCUT2D eigenvalue weighted by atomic mass is 16.1. The van der Waals surface area contributed by atoms with Gasteiger partial charge in [-0.3, -0.25) is 9.89 Å². The van der Waals surface area contributed by atoms with Crippen molar-refractivity contribution >= 4 is 5.91 Å². The van der Waals surface area contributed by atoms with Crippen molar-refractivity contribution in [2.24, 2.45) is 0 Å². The summed E-state index contributed by atoms with van der Waals surface area (Å²) in [6, 6.07) is 10.5. The maximum Gasteiger partial charge on any atom is 0.255 e. The third-order valence-corrected chi connectivity index (χ3v) is 3.91. The van der Waals surface area contributed by atoms with E-state index in [0.29, 0.717) is 11.6 Å². The molecule has 5 nitrogen and oxygen atoms in total. The zero-order valence-corrected chi connectivity index (χ0v) is 12.1. The van der Waals surface area contributed by atoms with E-state index in [2.05, 4.69) is 27.8 Å². The summed E-state index contributed by atoms with van der Waals surface area (Å²) in [7, 11) is 0. The summed E-state index contributed by atoms with van der Waals surface area (Å²) in [5, 5.41) is 13.5. The highest BCUT2D eigenvalue weighted by Crippen LogP contribution is 2.21. The van der Waals surface area contributed by atoms with Crippen LogP contribution in [0.25, 0.3) is 11.3 Å². The van der Waals surface area contributed by atoms with Gasteiger partial charge < -0.3 is 10.6 Å². The van der Waals surface area contributed by atoms with Crippen LogP contribution in [-0.4, -0.2) is 34.7 Å². The normalized spacial score (nSPS) is 22.0. The van der Waals surface area contributed by atoms with Crippen LogP contribution in [0, 0.1) is 0 Å². The Balaban J connectivity index is 1.75. The third kappa shape index (κ3) is 3.13. The van der Waals surface area contributed by atoms with Crippen LogP contribution in [0.1, 0.15) is 30.1 Å². The molecule has 2 heterocycles. The Morgan fingerprint density at radius 1 is 1.33 bits per heavy atom. The Morgan fingerprint density at radius 3 is 2.90 bits per heavy atom. The number of benzene rings is 1. The van der Waals surface area contributed by atoms with Gasteiger partial charge in [0.05, 0.1) is 17.5 Å². The molecule has 1 aliphatic rings. The lowest BCUT2D eigenvalue weighted by atomic mass is 10.00. The first kappa shape index (κ1) is 13.8. The molecule has 0 aliphatic carbocycles. The molecule has 0 bridgehead atoms. The van der Waals surface area contributed by atoms with Gasteiger partial charge in [0, 0.05) is 17.6 Å². The van der Waals surface area contributed by atoms with Gasteiger partial charge in [0.15, 0.2) is 0 Å². The molecular weight excluding hydrogens is 264 g/mol. The van der Waals surface area contributed by atoms with Gasteiger partial charge in [0.2, 0.25) is 0 Å². The first-order valence-electron chi connectivity index (χ1n) is 7.37. The number of carbonyl (C=O) groups excluding carboxylic acids is 1. The fourth-order valence-electron chi connectivity index (χ4n) is 2.81. The van der Waals surface area contributed by atoms with Crippen molar-refractivity contribution in [1.82, 2.24) is 20.8 Å². The van der Waals surface area contributed by atoms with Crippen LogP contribution in [0.15, 0.2) is 36.5 Å². The second-order valence-corrected chi connectivity index (χ2v) is 5.57. The van der Waals surface area contributed by atoms with E-state index in [0.717, 1.165) is 30.6 Å². The van der Waals surface area contributed by atoms with Crippen LogP contribution in [0.3, 0.4) is 0 Å². The minimum Gasteiger partial charge on any atom is -0.349 e. The van der Waals surface area contributed by atoms with Crippen LogP contribution >= 0.6 is 0 Å². The van der Waals surface area contributed by atoms with E-state index in [9.17, 15) is 4.79 Å². The molecule has 3 rings (SSSR count). The molecule has 1 aliphatic heterocycles. The predicted molar refractivity (Wildman–Crippen MR) is 82.0 cm³/mol. The molecule has 1 saturated heterocycles. The zero-order chi connectivity index (χ0) is 14.7. The highest BCUT2D eigenvalue weighted by Gasteiger charge is 2.22. The summed E-state index contributed by atoms with van der Waals surface area (Å²) < 4.78 is 0. The molecule has 1 fully saturated rings. The number of H-pyrrole nitrogens is 1. The largest absolute Gasteiger partial charge is 0.349 e. The average molecular weight is 284 g/mol. The Bertz CT molecular complexity index is 608. The standard InChI is InChI=1S/C16H20N4O/c1-11-9-13(7-8-17-11)19-16(21)14-10-18-20-15(14)12-5-3-2-4-6-12/h2-6,10-11,13,17H,7-9H2,1H3,(H,18,20)(H,19,21). The topological polar surface area (TPSA) is 69.8 Å². The molecule has 0 spiro atoms. The van der Waals surface area contributed by atoms with Crippen LogP contribution in [0.4, 0.5) is 0 Å². The van der Waals surface area contributed by atoms with Gasteiger partial charge in [-0.05, 0) is 26.3 Å². The SMILES string of the molecule is CC1CC(NC(=O)c2cn[nH]c2-c2ccccc2)CCN1. The van der Waals surface area contributed by atoms with Crippen molar-refractivity contribution in [3.8, 4) is 11.3 Å². The molecule has 0 saturated carbocycles. The van der Waals surface area contributed by atoms with Crippen molar-refractivity contribution in [1.29, 1.82) is 0 Å². The first-order valence-corrected chi connectivity index (χ1v) is 7.37. The van der Waals surface area contributed by atoms with Crippen molar-refractivity contribution in [3.63, 3.8) is 0 Å². The smallest absolute Gasteiger partial charge is 0.255 e. The van der Waals surface area contributed by atoms with Crippen molar-refractivity contribution in [2.75, 3.05) is 6.54 Å². The maximum absolute atomic E-state index is 12.5. The maximum atomic E-state index is 12.5. The van der Waals surface area contributed by atoms with Gasteiger partial charge in [-0.2, -0.15) is 5.10 Å². The van der Waals surface area contributed by atoms with Gasteiger partial charge in [0.1, 0.15) is 0 Å². The Hall–Kier alpha value is -2.14. The van der Waals surface area contributed by atoms with E-state index in [1.165, 1.54) is 0 Å². The van der Waals surface area contributed by atoms with E-state index in [4.69, 9.17) is 0 Å². The lowest BCUT2D eigenvalue weighted by Gasteiger charge is -2.28. The van der Waals surface area contributed by atoms with Gasteiger partial charge >= 0.3 is 0 Å². The summed E-state index contributed by atoms with van der Waals surface area (Å²) in [6.45, 7) is 3.09. The number of amides is 1. The minimum absolute atomic E-state index is 0.0540. The Kier molecular flexibility index (Phi) is 4.01. The molecule has 21 heavy (non-hydrogen) atoms. The quantitative estimate of drug-likeness (QED) is 0.807. The number of hydrogen-bond donors (Lipinski definition) is 3. The average Bonchev–Trinajstić information content (AvgIpc) is 2.98. The number of carbonyl (C=O) groups is 1. The van der Waals surface area contributed by atoms with Gasteiger partial charge in [-0.15, -0.1) is 0 Å². The first-order chi connectivity index (χ1) is 10.2. The number of piperidine rings is 1. The van der Waals surface area contributed by atoms with Gasteiger partial charge in [-0.1, -0.05) is 30.3 Å². The lowest BCUT2D eigenvalue weighted by molar-refractivity contribution is 0.0926. The van der Waals surface area contributed by atoms with Gasteiger partial charge in [0.25, 0.3) is 5.91 Å². The molecule has 3 N–H and O–H groups in total. The summed E-state index contributed by atoms with van der Waals surface area (Å²) in [4.78, 5) is 12.5. The molecule has 5 heteroatoms. The molecule has 1 aromatic heterocycles. The van der Waals surface area contributed by atoms with E-state index in [-0.39, 0.29) is 11.9 Å². The van der Waals surface area contributed by atoms with E-state index in [1.54, 1.807) is 6.20 Å². The molecule has 2 unspecified atom stereocenters. The lowest BCUT2D eigenvalue weighted by Crippen LogP contribution is -2.46. The fraction of sp³-hybridized carbons (Fsp3) is 0.375. The fourth-order valence-corrected chi connectivity index (χ4v) is 2.81. The molecule has 110 valence electrons. The number of nitrogens with one attached hydrogen (secondary N) is 3. The van der Waals surface area contributed by atoms with Crippen molar-refractivity contribution < 1.29 is 4.79 Å². The minimum atomic E-state index is -0.0540. The second kappa shape index (κ2) is 6.10. The summed E-state index contributed by atoms with van der Waals surface area (Å²) in [5.74, 6) is -0.0540. The van der Waals surface area contributed by atoms with Crippen LogP contribution < -0.4 is 10.6 Å². The molecule has 1 aromatic carbocycles. The van der Waals surface area contributed by atoms with Crippen molar-refractivity contribution in [2.45, 2.75) is 31.8 Å². The van der Waals surface area contributed by atoms with E-state index < -0.39 is 0 Å². The van der Waals surface area contributed by atoms with E-state index in [1.807, 2.05) is 30.3 Å². The van der Waals surface area contributed by atoms with Crippen molar-refractivity contribution in [3.05, 3.63) is 42.1 Å². The summed E-state index contributed by atoms with van der Waals surface area (Å²) >= 11 is 0. The molecular formula is C16H20N4O. The Morgan fingerprint density at radius 2 is 2.14 bits per heavy atom.